The summed E-state index contributed by atoms with van der Waals surface area (Å²) in [5.74, 6) is 0.0880. The number of hydrogen-bond acceptors (Lipinski definition) is 5. The van der Waals surface area contributed by atoms with Crippen LogP contribution in [0, 0.1) is 0 Å². The first-order valence-corrected chi connectivity index (χ1v) is 12.7. The van der Waals surface area contributed by atoms with Gasteiger partial charge in [0.05, 0.1) is 18.3 Å². The molecule has 8 heteroatoms. The molecule has 1 N–H and O–H groups in total. The van der Waals surface area contributed by atoms with Crippen molar-refractivity contribution in [3.8, 4) is 0 Å². The number of halogens is 1. The Hall–Kier alpha value is -2.45. The lowest BCUT2D eigenvalue weighted by atomic mass is 10.1. The van der Waals surface area contributed by atoms with E-state index in [2.05, 4.69) is 36.7 Å². The molecule has 180 valence electrons. The van der Waals surface area contributed by atoms with Crippen LogP contribution in [-0.4, -0.2) is 82.3 Å². The van der Waals surface area contributed by atoms with Gasteiger partial charge in [0, 0.05) is 56.7 Å². The summed E-state index contributed by atoms with van der Waals surface area (Å²) in [5.41, 5.74) is 3.17. The molecule has 4 heterocycles. The second kappa shape index (κ2) is 10.9. The largest absolute Gasteiger partial charge is 0.353 e. The van der Waals surface area contributed by atoms with E-state index in [4.69, 9.17) is 16.6 Å². The number of aromatic nitrogens is 2. The normalized spacial score (nSPS) is 19.0. The monoisotopic (exact) mass is 480 g/mol. The number of carbonyl (C=O) groups excluding carboxylic acids is 1. The average molecular weight is 481 g/mol. The van der Waals surface area contributed by atoms with Crippen LogP contribution in [0.2, 0.25) is 5.02 Å². The zero-order chi connectivity index (χ0) is 23.3. The molecule has 2 aliphatic rings. The van der Waals surface area contributed by atoms with E-state index < -0.39 is 0 Å². The van der Waals surface area contributed by atoms with Crippen molar-refractivity contribution in [3.05, 3.63) is 71.1 Å². The standard InChI is InChI=1S/C26H33ClN6O/c27-23-8-2-1-7-22(23)24(32-10-5-6-11-32)17-28-26(34)20-31-15-13-30(14-16-31)18-21-19-33-12-4-3-9-25(33)29-21/h1-4,7-9,12,19,24H,5-6,10-11,13-18,20H2,(H,28,34). The van der Waals surface area contributed by atoms with Gasteiger partial charge in [0.2, 0.25) is 5.91 Å². The van der Waals surface area contributed by atoms with E-state index in [1.54, 1.807) is 0 Å². The number of benzene rings is 1. The highest BCUT2D eigenvalue weighted by Gasteiger charge is 2.26. The number of likely N-dealkylation sites (tertiary alicyclic amines) is 1. The van der Waals surface area contributed by atoms with Crippen LogP contribution in [0.15, 0.2) is 54.9 Å². The highest BCUT2D eigenvalue weighted by atomic mass is 35.5. The molecule has 1 aromatic carbocycles. The number of amides is 1. The van der Waals surface area contributed by atoms with Gasteiger partial charge in [0.1, 0.15) is 5.65 Å². The molecule has 2 fully saturated rings. The second-order valence-electron chi connectivity index (χ2n) is 9.34. The molecule has 1 amide bonds. The molecule has 5 rings (SSSR count). The zero-order valence-corrected chi connectivity index (χ0v) is 20.3. The Labute approximate surface area is 206 Å². The molecule has 0 radical (unpaired) electrons. The highest BCUT2D eigenvalue weighted by Crippen LogP contribution is 2.29. The van der Waals surface area contributed by atoms with Crippen molar-refractivity contribution >= 4 is 23.2 Å². The van der Waals surface area contributed by atoms with E-state index in [1.807, 2.05) is 42.6 Å². The van der Waals surface area contributed by atoms with Gasteiger partial charge in [-0.15, -0.1) is 0 Å². The SMILES string of the molecule is O=C(CN1CCN(Cc2cn3ccccc3n2)CC1)NCC(c1ccccc1Cl)N1CCCC1. The summed E-state index contributed by atoms with van der Waals surface area (Å²) in [6.45, 7) is 7.65. The van der Waals surface area contributed by atoms with Gasteiger partial charge in [-0.1, -0.05) is 35.9 Å². The molecule has 3 aromatic rings. The van der Waals surface area contributed by atoms with Gasteiger partial charge in [0.25, 0.3) is 0 Å². The number of pyridine rings is 1. The van der Waals surface area contributed by atoms with E-state index in [9.17, 15) is 4.79 Å². The van der Waals surface area contributed by atoms with Crippen molar-refractivity contribution in [3.63, 3.8) is 0 Å². The maximum Gasteiger partial charge on any atom is 0.234 e. The predicted molar refractivity (Wildman–Crippen MR) is 135 cm³/mol. The summed E-state index contributed by atoms with van der Waals surface area (Å²) in [4.78, 5) is 24.6. The van der Waals surface area contributed by atoms with Crippen LogP contribution in [-0.2, 0) is 11.3 Å². The van der Waals surface area contributed by atoms with Crippen molar-refractivity contribution in [1.82, 2.24) is 29.4 Å². The zero-order valence-electron chi connectivity index (χ0n) is 19.6. The summed E-state index contributed by atoms with van der Waals surface area (Å²) >= 11 is 6.50. The van der Waals surface area contributed by atoms with Crippen LogP contribution in [0.4, 0.5) is 0 Å². The molecular formula is C26H33ClN6O. The van der Waals surface area contributed by atoms with Gasteiger partial charge in [-0.05, 0) is 49.7 Å². The van der Waals surface area contributed by atoms with Crippen LogP contribution in [0.3, 0.4) is 0 Å². The molecular weight excluding hydrogens is 448 g/mol. The van der Waals surface area contributed by atoms with Crippen LogP contribution < -0.4 is 5.32 Å². The Kier molecular flexibility index (Phi) is 7.45. The summed E-state index contributed by atoms with van der Waals surface area (Å²) in [5, 5.41) is 3.96. The van der Waals surface area contributed by atoms with E-state index in [1.165, 1.54) is 12.8 Å². The number of fused-ring (bicyclic) bond motifs is 1. The molecule has 0 spiro atoms. The number of rotatable bonds is 8. The first-order chi connectivity index (χ1) is 16.7. The van der Waals surface area contributed by atoms with Crippen LogP contribution in [0.25, 0.3) is 5.65 Å². The topological polar surface area (TPSA) is 56.1 Å². The molecule has 0 bridgehead atoms. The van der Waals surface area contributed by atoms with Crippen LogP contribution in [0.1, 0.15) is 30.1 Å². The Morgan fingerprint density at radius 1 is 0.971 bits per heavy atom. The predicted octanol–water partition coefficient (Wildman–Crippen LogP) is 3.06. The summed E-state index contributed by atoms with van der Waals surface area (Å²) in [7, 11) is 0. The summed E-state index contributed by atoms with van der Waals surface area (Å²) in [6, 6.07) is 14.2. The van der Waals surface area contributed by atoms with Crippen molar-refractivity contribution in [2.45, 2.75) is 25.4 Å². The van der Waals surface area contributed by atoms with Gasteiger partial charge in [-0.25, -0.2) is 4.98 Å². The van der Waals surface area contributed by atoms with E-state index in [0.717, 1.165) is 67.7 Å². The van der Waals surface area contributed by atoms with Gasteiger partial charge in [-0.3, -0.25) is 19.5 Å². The van der Waals surface area contributed by atoms with E-state index in [0.29, 0.717) is 13.1 Å². The average Bonchev–Trinajstić information content (AvgIpc) is 3.51. The third kappa shape index (κ3) is 5.61. The number of carbonyl (C=O) groups is 1. The number of piperazine rings is 1. The van der Waals surface area contributed by atoms with Gasteiger partial charge >= 0.3 is 0 Å². The van der Waals surface area contributed by atoms with Crippen molar-refractivity contribution < 1.29 is 4.79 Å². The molecule has 1 unspecified atom stereocenters. The second-order valence-corrected chi connectivity index (χ2v) is 9.74. The summed E-state index contributed by atoms with van der Waals surface area (Å²) in [6.07, 6.45) is 6.54. The molecule has 0 saturated carbocycles. The lowest BCUT2D eigenvalue weighted by molar-refractivity contribution is -0.123. The first-order valence-electron chi connectivity index (χ1n) is 12.3. The Morgan fingerprint density at radius 3 is 2.47 bits per heavy atom. The fraction of sp³-hybridized carbons (Fsp3) is 0.462. The Bertz CT molecular complexity index is 1070. The van der Waals surface area contributed by atoms with Crippen molar-refractivity contribution in [2.24, 2.45) is 0 Å². The molecule has 2 aromatic heterocycles. The minimum absolute atomic E-state index is 0.0880. The molecule has 0 aliphatic carbocycles. The van der Waals surface area contributed by atoms with Crippen molar-refractivity contribution in [1.29, 1.82) is 0 Å². The minimum Gasteiger partial charge on any atom is -0.353 e. The van der Waals surface area contributed by atoms with Gasteiger partial charge < -0.3 is 9.72 Å². The number of nitrogens with one attached hydrogen (secondary N) is 1. The first kappa shape index (κ1) is 23.3. The lowest BCUT2D eigenvalue weighted by Gasteiger charge is -2.34. The Morgan fingerprint density at radius 2 is 1.71 bits per heavy atom. The minimum atomic E-state index is 0.0880. The number of nitrogens with zero attached hydrogens (tertiary/aromatic N) is 5. The fourth-order valence-corrected chi connectivity index (χ4v) is 5.36. The van der Waals surface area contributed by atoms with Gasteiger partial charge in [-0.2, -0.15) is 0 Å². The third-order valence-corrected chi connectivity index (χ3v) is 7.31. The smallest absolute Gasteiger partial charge is 0.234 e. The Balaban J connectivity index is 1.10. The third-order valence-electron chi connectivity index (χ3n) is 6.97. The van der Waals surface area contributed by atoms with Crippen molar-refractivity contribution in [2.75, 3.05) is 52.4 Å². The maximum atomic E-state index is 12.8. The van der Waals surface area contributed by atoms with Crippen LogP contribution >= 0.6 is 11.6 Å². The molecule has 2 saturated heterocycles. The molecule has 34 heavy (non-hydrogen) atoms. The van der Waals surface area contributed by atoms with Gasteiger partial charge in [0.15, 0.2) is 0 Å². The fourth-order valence-electron chi connectivity index (χ4n) is 5.10. The molecule has 2 aliphatic heterocycles. The molecule has 1 atom stereocenters. The van der Waals surface area contributed by atoms with E-state index in [-0.39, 0.29) is 11.9 Å². The quantitative estimate of drug-likeness (QED) is 0.537. The lowest BCUT2D eigenvalue weighted by Crippen LogP contribution is -2.49. The van der Waals surface area contributed by atoms with Crippen LogP contribution in [0.5, 0.6) is 0 Å². The molecule has 7 nitrogen and oxygen atoms in total. The van der Waals surface area contributed by atoms with E-state index >= 15 is 0 Å². The number of imidazole rings is 1. The number of hydrogen-bond donors (Lipinski definition) is 1. The maximum absolute atomic E-state index is 12.8. The highest BCUT2D eigenvalue weighted by molar-refractivity contribution is 6.31. The summed E-state index contributed by atoms with van der Waals surface area (Å²) < 4.78 is 2.06.